The van der Waals surface area contributed by atoms with Crippen molar-refractivity contribution in [2.24, 2.45) is 0 Å². The maximum Gasteiger partial charge on any atom is 0.278 e. The SMILES string of the molecule is C=CCn1c(=O)c2cnc(Nc3ccc(C4CCC(N(CC)CC)CC4)cc3)nc2n1-c1cccc(C(C)(C)O)n1. The van der Waals surface area contributed by atoms with Crippen LogP contribution in [0.3, 0.4) is 0 Å². The van der Waals surface area contributed by atoms with Crippen LogP contribution in [-0.4, -0.2) is 53.5 Å². The lowest BCUT2D eigenvalue weighted by atomic mass is 9.81. The van der Waals surface area contributed by atoms with Crippen LogP contribution in [0.1, 0.15) is 70.6 Å². The Morgan fingerprint density at radius 2 is 1.78 bits per heavy atom. The fourth-order valence-electron chi connectivity index (χ4n) is 5.97. The zero-order valence-corrected chi connectivity index (χ0v) is 24.5. The van der Waals surface area contributed by atoms with Gasteiger partial charge in [0.25, 0.3) is 5.56 Å². The average molecular weight is 556 g/mol. The third-order valence-corrected chi connectivity index (χ3v) is 8.22. The summed E-state index contributed by atoms with van der Waals surface area (Å²) in [6.45, 7) is 14.2. The lowest BCUT2D eigenvalue weighted by Gasteiger charge is -2.36. The highest BCUT2D eigenvalue weighted by Crippen LogP contribution is 2.35. The summed E-state index contributed by atoms with van der Waals surface area (Å²) in [5.74, 6) is 1.45. The molecule has 1 fully saturated rings. The molecule has 41 heavy (non-hydrogen) atoms. The van der Waals surface area contributed by atoms with E-state index in [0.29, 0.717) is 40.5 Å². The van der Waals surface area contributed by atoms with Gasteiger partial charge >= 0.3 is 0 Å². The molecule has 0 radical (unpaired) electrons. The second kappa shape index (κ2) is 12.0. The number of hydrogen-bond acceptors (Lipinski definition) is 7. The summed E-state index contributed by atoms with van der Waals surface area (Å²) in [6.07, 6.45) is 8.14. The first-order valence-corrected chi connectivity index (χ1v) is 14.6. The number of aliphatic hydroxyl groups is 1. The third-order valence-electron chi connectivity index (χ3n) is 8.22. The Kier molecular flexibility index (Phi) is 8.37. The Morgan fingerprint density at radius 3 is 2.41 bits per heavy atom. The Labute approximate surface area is 241 Å². The van der Waals surface area contributed by atoms with Crippen LogP contribution in [0.2, 0.25) is 0 Å². The molecule has 3 aromatic heterocycles. The molecule has 9 nitrogen and oxygen atoms in total. The monoisotopic (exact) mass is 555 g/mol. The first kappa shape index (κ1) is 28.7. The van der Waals surface area contributed by atoms with Crippen molar-refractivity contribution in [1.82, 2.24) is 29.2 Å². The average Bonchev–Trinajstić information content (AvgIpc) is 3.25. The summed E-state index contributed by atoms with van der Waals surface area (Å²) in [7, 11) is 0. The summed E-state index contributed by atoms with van der Waals surface area (Å²) in [5, 5.41) is 14.2. The van der Waals surface area contributed by atoms with Gasteiger partial charge in [0.05, 0.1) is 12.2 Å². The van der Waals surface area contributed by atoms with Crippen molar-refractivity contribution >= 4 is 22.7 Å². The van der Waals surface area contributed by atoms with E-state index in [-0.39, 0.29) is 12.1 Å². The minimum Gasteiger partial charge on any atom is -0.384 e. The van der Waals surface area contributed by atoms with Crippen LogP contribution in [0.4, 0.5) is 11.6 Å². The number of anilines is 2. The fourth-order valence-corrected chi connectivity index (χ4v) is 5.97. The van der Waals surface area contributed by atoms with Gasteiger partial charge in [-0.15, -0.1) is 6.58 Å². The molecular weight excluding hydrogens is 514 g/mol. The van der Waals surface area contributed by atoms with E-state index in [9.17, 15) is 9.90 Å². The smallest absolute Gasteiger partial charge is 0.278 e. The number of hydrogen-bond donors (Lipinski definition) is 2. The first-order chi connectivity index (χ1) is 19.7. The van der Waals surface area contributed by atoms with Crippen molar-refractivity contribution in [2.45, 2.75) is 77.5 Å². The topological polar surface area (TPSA) is 101 Å². The molecule has 0 bridgehead atoms. The Balaban J connectivity index is 1.40. The zero-order valence-electron chi connectivity index (χ0n) is 24.5. The normalized spacial score (nSPS) is 17.7. The quantitative estimate of drug-likeness (QED) is 0.249. The lowest BCUT2D eigenvalue weighted by molar-refractivity contribution is 0.0738. The number of benzene rings is 1. The lowest BCUT2D eigenvalue weighted by Crippen LogP contribution is -2.37. The van der Waals surface area contributed by atoms with Gasteiger partial charge in [-0.2, -0.15) is 4.98 Å². The molecule has 5 rings (SSSR count). The summed E-state index contributed by atoms with van der Waals surface area (Å²) in [6, 6.07) is 14.6. The molecule has 0 unspecified atom stereocenters. The molecule has 0 amide bonds. The number of allylic oxidation sites excluding steroid dienone is 1. The Morgan fingerprint density at radius 1 is 1.07 bits per heavy atom. The number of nitrogens with zero attached hydrogens (tertiary/aromatic N) is 6. The molecule has 1 aromatic carbocycles. The summed E-state index contributed by atoms with van der Waals surface area (Å²) in [4.78, 5) is 29.7. The second-order valence-electron chi connectivity index (χ2n) is 11.3. The Bertz CT molecular complexity index is 1550. The van der Waals surface area contributed by atoms with Crippen molar-refractivity contribution in [1.29, 1.82) is 0 Å². The molecule has 9 heteroatoms. The molecular formula is C32H41N7O2. The van der Waals surface area contributed by atoms with Crippen molar-refractivity contribution < 1.29 is 5.11 Å². The molecule has 4 aromatic rings. The molecule has 1 aliphatic rings. The maximum atomic E-state index is 13.3. The van der Waals surface area contributed by atoms with Gasteiger partial charge in [0.1, 0.15) is 11.0 Å². The van der Waals surface area contributed by atoms with Crippen molar-refractivity contribution in [2.75, 3.05) is 18.4 Å². The van der Waals surface area contributed by atoms with Crippen LogP contribution in [-0.2, 0) is 12.1 Å². The molecule has 1 aliphatic carbocycles. The highest BCUT2D eigenvalue weighted by molar-refractivity contribution is 5.77. The summed E-state index contributed by atoms with van der Waals surface area (Å²) < 4.78 is 3.19. The minimum atomic E-state index is -1.14. The van der Waals surface area contributed by atoms with E-state index in [1.807, 2.05) is 6.07 Å². The standard InChI is InChI=1S/C32H41N7O2/c1-6-20-38-30(40)26-21-33-31(36-29(26)39(38)28-11-9-10-27(35-28)32(4,5)41)34-24-16-12-22(13-17-24)23-14-18-25(19-15-23)37(7-2)8-3/h6,9-13,16-17,21,23,25,41H,1,7-8,14-15,18-20H2,2-5H3,(H,33,34,36). The minimum absolute atomic E-state index is 0.234. The predicted molar refractivity (Wildman–Crippen MR) is 164 cm³/mol. The van der Waals surface area contributed by atoms with Gasteiger partial charge in [-0.05, 0) is 88.4 Å². The highest BCUT2D eigenvalue weighted by Gasteiger charge is 2.25. The van der Waals surface area contributed by atoms with Crippen LogP contribution >= 0.6 is 0 Å². The molecule has 0 saturated heterocycles. The van der Waals surface area contributed by atoms with Crippen LogP contribution in [0, 0.1) is 0 Å². The number of aromatic nitrogens is 5. The van der Waals surface area contributed by atoms with Crippen LogP contribution in [0.25, 0.3) is 16.9 Å². The van der Waals surface area contributed by atoms with Crippen LogP contribution < -0.4 is 10.9 Å². The van der Waals surface area contributed by atoms with E-state index in [1.54, 1.807) is 42.9 Å². The summed E-state index contributed by atoms with van der Waals surface area (Å²) >= 11 is 0. The van der Waals surface area contributed by atoms with Crippen molar-refractivity contribution in [3.05, 3.63) is 82.9 Å². The van der Waals surface area contributed by atoms with Gasteiger partial charge in [-0.25, -0.2) is 19.3 Å². The van der Waals surface area contributed by atoms with Gasteiger partial charge in [0.15, 0.2) is 11.5 Å². The van der Waals surface area contributed by atoms with Crippen LogP contribution in [0.15, 0.2) is 66.1 Å². The van der Waals surface area contributed by atoms with Gasteiger partial charge in [-0.1, -0.05) is 38.1 Å². The Hall–Kier alpha value is -3.82. The van der Waals surface area contributed by atoms with E-state index in [1.165, 1.54) is 35.9 Å². The van der Waals surface area contributed by atoms with Gasteiger partial charge in [-0.3, -0.25) is 4.79 Å². The molecule has 1 saturated carbocycles. The second-order valence-corrected chi connectivity index (χ2v) is 11.3. The molecule has 2 N–H and O–H groups in total. The van der Waals surface area contributed by atoms with E-state index in [2.05, 4.69) is 64.9 Å². The van der Waals surface area contributed by atoms with E-state index in [0.717, 1.165) is 18.8 Å². The number of nitrogens with one attached hydrogen (secondary N) is 1. The maximum absolute atomic E-state index is 13.3. The van der Waals surface area contributed by atoms with E-state index < -0.39 is 5.60 Å². The number of rotatable bonds is 10. The zero-order chi connectivity index (χ0) is 29.1. The highest BCUT2D eigenvalue weighted by atomic mass is 16.3. The molecule has 216 valence electrons. The molecule has 0 spiro atoms. The third kappa shape index (κ3) is 5.96. The van der Waals surface area contributed by atoms with E-state index in [4.69, 9.17) is 4.98 Å². The molecule has 0 atom stereocenters. The van der Waals surface area contributed by atoms with Gasteiger partial charge in [0.2, 0.25) is 5.95 Å². The summed E-state index contributed by atoms with van der Waals surface area (Å²) in [5.41, 5.74) is 1.80. The van der Waals surface area contributed by atoms with Gasteiger partial charge < -0.3 is 15.3 Å². The van der Waals surface area contributed by atoms with E-state index >= 15 is 0 Å². The number of fused-ring (bicyclic) bond motifs is 1. The predicted octanol–water partition coefficient (Wildman–Crippen LogP) is 5.50. The van der Waals surface area contributed by atoms with Crippen LogP contribution in [0.5, 0.6) is 0 Å². The molecule has 3 heterocycles. The van der Waals surface area contributed by atoms with Crippen molar-refractivity contribution in [3.63, 3.8) is 0 Å². The first-order valence-electron chi connectivity index (χ1n) is 14.6. The fraction of sp³-hybridized carbons (Fsp3) is 0.438. The largest absolute Gasteiger partial charge is 0.384 e. The van der Waals surface area contributed by atoms with Gasteiger partial charge in [0, 0.05) is 17.9 Å². The number of pyridine rings is 1. The van der Waals surface area contributed by atoms with Crippen molar-refractivity contribution in [3.8, 4) is 5.82 Å². The molecule has 0 aliphatic heterocycles.